The van der Waals surface area contributed by atoms with Crippen LogP contribution in [-0.2, 0) is 6.54 Å². The number of aliphatic hydroxyl groups excluding tert-OH is 1. The summed E-state index contributed by atoms with van der Waals surface area (Å²) < 4.78 is 4.92. The van der Waals surface area contributed by atoms with Crippen molar-refractivity contribution in [1.82, 2.24) is 10.1 Å². The van der Waals surface area contributed by atoms with Crippen LogP contribution >= 0.6 is 0 Å². The van der Waals surface area contributed by atoms with Gasteiger partial charge in [0.05, 0.1) is 6.20 Å². The Balaban J connectivity index is 2.18. The SMILES string of the molecule is Cc1oncc1C(=O)N(C)Cc1ccccc1C#CCO. The number of carbonyl (C=O) groups excluding carboxylic acids is 1. The molecule has 0 aliphatic carbocycles. The highest BCUT2D eigenvalue weighted by molar-refractivity contribution is 5.94. The number of hydrogen-bond acceptors (Lipinski definition) is 4. The standard InChI is InChI=1S/C16H16N2O3/c1-12-15(10-17-21-12)16(20)18(2)11-14-7-4-3-6-13(14)8-5-9-19/h3-4,6-7,10,19H,9,11H2,1-2H3. The molecular formula is C16H16N2O3. The number of benzene rings is 1. The van der Waals surface area contributed by atoms with Crippen LogP contribution < -0.4 is 0 Å². The summed E-state index contributed by atoms with van der Waals surface area (Å²) in [6, 6.07) is 7.53. The first-order chi connectivity index (χ1) is 10.1. The van der Waals surface area contributed by atoms with E-state index in [0.29, 0.717) is 17.9 Å². The highest BCUT2D eigenvalue weighted by Gasteiger charge is 2.18. The van der Waals surface area contributed by atoms with Crippen LogP contribution in [0.1, 0.15) is 27.2 Å². The molecule has 1 N–H and O–H groups in total. The van der Waals surface area contributed by atoms with Crippen LogP contribution in [-0.4, -0.2) is 34.7 Å². The van der Waals surface area contributed by atoms with E-state index < -0.39 is 0 Å². The fourth-order valence-corrected chi connectivity index (χ4v) is 1.95. The lowest BCUT2D eigenvalue weighted by atomic mass is 10.1. The third-order valence-corrected chi connectivity index (χ3v) is 3.05. The summed E-state index contributed by atoms with van der Waals surface area (Å²) in [5.74, 6) is 5.85. The van der Waals surface area contributed by atoms with Crippen LogP contribution in [0.3, 0.4) is 0 Å². The van der Waals surface area contributed by atoms with E-state index in [1.165, 1.54) is 6.20 Å². The Bertz CT molecular complexity index is 695. The van der Waals surface area contributed by atoms with Gasteiger partial charge in [-0.05, 0) is 18.6 Å². The minimum atomic E-state index is -0.191. The number of rotatable bonds is 3. The molecule has 2 aromatic rings. The number of nitrogens with zero attached hydrogens (tertiary/aromatic N) is 2. The number of carbonyl (C=O) groups is 1. The highest BCUT2D eigenvalue weighted by Crippen LogP contribution is 2.14. The Morgan fingerprint density at radius 3 is 2.86 bits per heavy atom. The molecule has 5 heteroatoms. The Morgan fingerprint density at radius 1 is 1.43 bits per heavy atom. The molecule has 21 heavy (non-hydrogen) atoms. The third-order valence-electron chi connectivity index (χ3n) is 3.05. The van der Waals surface area contributed by atoms with Gasteiger partial charge in [0.1, 0.15) is 17.9 Å². The van der Waals surface area contributed by atoms with E-state index in [-0.39, 0.29) is 12.5 Å². The van der Waals surface area contributed by atoms with Crippen LogP contribution in [0.5, 0.6) is 0 Å². The van der Waals surface area contributed by atoms with E-state index in [1.54, 1.807) is 18.9 Å². The Labute approximate surface area is 123 Å². The van der Waals surface area contributed by atoms with Gasteiger partial charge in [0, 0.05) is 19.2 Å². The van der Waals surface area contributed by atoms with Gasteiger partial charge in [0.15, 0.2) is 0 Å². The van der Waals surface area contributed by atoms with E-state index in [2.05, 4.69) is 17.0 Å². The number of hydrogen-bond donors (Lipinski definition) is 1. The van der Waals surface area contributed by atoms with Gasteiger partial charge in [-0.2, -0.15) is 0 Å². The van der Waals surface area contributed by atoms with Crippen molar-refractivity contribution in [3.05, 3.63) is 52.9 Å². The summed E-state index contributed by atoms with van der Waals surface area (Å²) in [6.07, 6.45) is 1.42. The zero-order valence-corrected chi connectivity index (χ0v) is 12.0. The predicted octanol–water partition coefficient (Wildman–Crippen LogP) is 1.60. The Hall–Kier alpha value is -2.58. The van der Waals surface area contributed by atoms with Gasteiger partial charge in [-0.15, -0.1) is 0 Å². The number of amides is 1. The number of aromatic nitrogens is 1. The van der Waals surface area contributed by atoms with E-state index in [9.17, 15) is 4.79 Å². The maximum Gasteiger partial charge on any atom is 0.259 e. The van der Waals surface area contributed by atoms with Crippen molar-refractivity contribution in [3.8, 4) is 11.8 Å². The van der Waals surface area contributed by atoms with Crippen LogP contribution in [0.4, 0.5) is 0 Å². The average molecular weight is 284 g/mol. The smallest absolute Gasteiger partial charge is 0.259 e. The molecule has 0 unspecified atom stereocenters. The number of aliphatic hydroxyl groups is 1. The Kier molecular flexibility index (Phi) is 4.75. The second-order valence-corrected chi connectivity index (χ2v) is 4.57. The zero-order valence-electron chi connectivity index (χ0n) is 12.0. The summed E-state index contributed by atoms with van der Waals surface area (Å²) in [6.45, 7) is 1.93. The van der Waals surface area contributed by atoms with Crippen molar-refractivity contribution in [1.29, 1.82) is 0 Å². The topological polar surface area (TPSA) is 66.6 Å². The molecule has 0 spiro atoms. The van der Waals surface area contributed by atoms with Gasteiger partial charge in [0.2, 0.25) is 0 Å². The van der Waals surface area contributed by atoms with Crippen molar-refractivity contribution in [3.63, 3.8) is 0 Å². The van der Waals surface area contributed by atoms with Gasteiger partial charge >= 0.3 is 0 Å². The van der Waals surface area contributed by atoms with Crippen molar-refractivity contribution in [2.45, 2.75) is 13.5 Å². The monoisotopic (exact) mass is 284 g/mol. The molecule has 0 radical (unpaired) electrons. The number of aryl methyl sites for hydroxylation is 1. The molecule has 2 rings (SSSR count). The summed E-state index contributed by atoms with van der Waals surface area (Å²) in [5.41, 5.74) is 2.17. The molecule has 108 valence electrons. The van der Waals surface area contributed by atoms with Gasteiger partial charge in [-0.3, -0.25) is 4.79 Å². The molecule has 5 nitrogen and oxygen atoms in total. The van der Waals surface area contributed by atoms with Crippen molar-refractivity contribution < 1.29 is 14.4 Å². The molecular weight excluding hydrogens is 268 g/mol. The third kappa shape index (κ3) is 3.50. The second-order valence-electron chi connectivity index (χ2n) is 4.57. The van der Waals surface area contributed by atoms with Gasteiger partial charge in [-0.25, -0.2) is 0 Å². The normalized spacial score (nSPS) is 9.86. The van der Waals surface area contributed by atoms with Crippen molar-refractivity contribution in [2.24, 2.45) is 0 Å². The maximum absolute atomic E-state index is 12.3. The molecule has 0 saturated carbocycles. The molecule has 1 heterocycles. The van der Waals surface area contributed by atoms with Crippen LogP contribution in [0.2, 0.25) is 0 Å². The van der Waals surface area contributed by atoms with Crippen LogP contribution in [0.15, 0.2) is 35.0 Å². The summed E-state index contributed by atoms with van der Waals surface area (Å²) in [5, 5.41) is 12.4. The predicted molar refractivity (Wildman–Crippen MR) is 77.4 cm³/mol. The first-order valence-corrected chi connectivity index (χ1v) is 6.48. The molecule has 0 aliphatic heterocycles. The molecule has 0 bridgehead atoms. The van der Waals surface area contributed by atoms with E-state index in [1.807, 2.05) is 24.3 Å². The van der Waals surface area contributed by atoms with E-state index >= 15 is 0 Å². The fourth-order valence-electron chi connectivity index (χ4n) is 1.95. The first kappa shape index (κ1) is 14.8. The highest BCUT2D eigenvalue weighted by atomic mass is 16.5. The molecule has 1 aromatic carbocycles. The minimum Gasteiger partial charge on any atom is -0.384 e. The Morgan fingerprint density at radius 2 is 2.19 bits per heavy atom. The van der Waals surface area contributed by atoms with Gasteiger partial charge < -0.3 is 14.5 Å². The van der Waals surface area contributed by atoms with Gasteiger partial charge in [-0.1, -0.05) is 35.2 Å². The van der Waals surface area contributed by atoms with Crippen LogP contribution in [0, 0.1) is 18.8 Å². The molecule has 1 aromatic heterocycles. The molecule has 0 aliphatic rings. The summed E-state index contributed by atoms with van der Waals surface area (Å²) in [7, 11) is 1.71. The van der Waals surface area contributed by atoms with Crippen molar-refractivity contribution in [2.75, 3.05) is 13.7 Å². The zero-order chi connectivity index (χ0) is 15.2. The summed E-state index contributed by atoms with van der Waals surface area (Å²) >= 11 is 0. The lowest BCUT2D eigenvalue weighted by molar-refractivity contribution is 0.0783. The van der Waals surface area contributed by atoms with E-state index in [4.69, 9.17) is 9.63 Å². The second kappa shape index (κ2) is 6.73. The quantitative estimate of drug-likeness (QED) is 0.869. The average Bonchev–Trinajstić information content (AvgIpc) is 2.91. The molecule has 0 saturated heterocycles. The maximum atomic E-state index is 12.3. The lowest BCUT2D eigenvalue weighted by Crippen LogP contribution is -2.26. The lowest BCUT2D eigenvalue weighted by Gasteiger charge is -2.17. The van der Waals surface area contributed by atoms with Crippen LogP contribution in [0.25, 0.3) is 0 Å². The first-order valence-electron chi connectivity index (χ1n) is 6.48. The van der Waals surface area contributed by atoms with Gasteiger partial charge in [0.25, 0.3) is 5.91 Å². The van der Waals surface area contributed by atoms with Crippen molar-refractivity contribution >= 4 is 5.91 Å². The molecule has 0 atom stereocenters. The molecule has 1 amide bonds. The minimum absolute atomic E-state index is 0.154. The largest absolute Gasteiger partial charge is 0.384 e. The summed E-state index contributed by atoms with van der Waals surface area (Å²) in [4.78, 5) is 13.9. The fraction of sp³-hybridized carbons (Fsp3) is 0.250. The van der Waals surface area contributed by atoms with E-state index in [0.717, 1.165) is 11.1 Å². The molecule has 0 fully saturated rings.